The van der Waals surface area contributed by atoms with Crippen LogP contribution in [0.2, 0.25) is 0 Å². The topological polar surface area (TPSA) is 44.8 Å². The van der Waals surface area contributed by atoms with Crippen LogP contribution in [0.4, 0.5) is 0 Å². The van der Waals surface area contributed by atoms with E-state index >= 15 is 0 Å². The molecule has 0 saturated heterocycles. The standard InChI is InChI=1S/C14H16O4/c1-9-12(11-7-5-4-6-8-11)17-10(2)13(18-9)14(15)16-3/h4-9,12H,1-3H3/t9-,12-/m0/s1. The molecule has 1 aliphatic rings. The first kappa shape index (κ1) is 12.5. The third kappa shape index (κ3) is 2.32. The summed E-state index contributed by atoms with van der Waals surface area (Å²) in [5.74, 6) is 0.0943. The van der Waals surface area contributed by atoms with Crippen LogP contribution in [0.25, 0.3) is 0 Å². The number of esters is 1. The normalized spacial score (nSPS) is 23.1. The summed E-state index contributed by atoms with van der Waals surface area (Å²) in [5.41, 5.74) is 1.02. The predicted octanol–water partition coefficient (Wildman–Crippen LogP) is 2.57. The van der Waals surface area contributed by atoms with Gasteiger partial charge >= 0.3 is 5.97 Å². The van der Waals surface area contributed by atoms with E-state index in [1.54, 1.807) is 6.92 Å². The second-order valence-electron chi connectivity index (χ2n) is 4.15. The van der Waals surface area contributed by atoms with Crippen molar-refractivity contribution >= 4 is 5.97 Å². The average molecular weight is 248 g/mol. The minimum Gasteiger partial charge on any atom is -0.482 e. The van der Waals surface area contributed by atoms with E-state index in [1.165, 1.54) is 7.11 Å². The molecule has 2 atom stereocenters. The first-order valence-electron chi connectivity index (χ1n) is 5.81. The van der Waals surface area contributed by atoms with Gasteiger partial charge in [-0.15, -0.1) is 0 Å². The third-order valence-electron chi connectivity index (χ3n) is 2.85. The lowest BCUT2D eigenvalue weighted by atomic mass is 10.0. The van der Waals surface area contributed by atoms with E-state index in [2.05, 4.69) is 4.74 Å². The average Bonchev–Trinajstić information content (AvgIpc) is 2.41. The number of allylic oxidation sites excluding steroid dienone is 1. The number of ether oxygens (including phenoxy) is 3. The summed E-state index contributed by atoms with van der Waals surface area (Å²) < 4.78 is 16.0. The maximum absolute atomic E-state index is 11.5. The first-order chi connectivity index (χ1) is 8.63. The van der Waals surface area contributed by atoms with Gasteiger partial charge in [0.2, 0.25) is 5.76 Å². The molecule has 2 rings (SSSR count). The summed E-state index contributed by atoms with van der Waals surface area (Å²) in [6, 6.07) is 9.78. The highest BCUT2D eigenvalue weighted by molar-refractivity contribution is 5.86. The van der Waals surface area contributed by atoms with Crippen molar-refractivity contribution in [3.8, 4) is 0 Å². The lowest BCUT2D eigenvalue weighted by Gasteiger charge is -2.32. The molecule has 0 N–H and O–H groups in total. The number of hydrogen-bond acceptors (Lipinski definition) is 4. The van der Waals surface area contributed by atoms with Gasteiger partial charge in [-0.1, -0.05) is 30.3 Å². The molecular formula is C14H16O4. The Morgan fingerprint density at radius 2 is 1.89 bits per heavy atom. The zero-order chi connectivity index (χ0) is 13.1. The van der Waals surface area contributed by atoms with Gasteiger partial charge in [-0.25, -0.2) is 4.79 Å². The van der Waals surface area contributed by atoms with Gasteiger partial charge in [0.1, 0.15) is 11.9 Å². The largest absolute Gasteiger partial charge is 0.482 e. The van der Waals surface area contributed by atoms with Crippen LogP contribution in [0, 0.1) is 0 Å². The van der Waals surface area contributed by atoms with Crippen molar-refractivity contribution in [3.63, 3.8) is 0 Å². The van der Waals surface area contributed by atoms with Gasteiger partial charge in [0, 0.05) is 0 Å². The summed E-state index contributed by atoms with van der Waals surface area (Å²) in [5, 5.41) is 0. The minimum absolute atomic E-state index is 0.150. The zero-order valence-corrected chi connectivity index (χ0v) is 10.7. The molecule has 4 heteroatoms. The molecule has 0 saturated carbocycles. The highest BCUT2D eigenvalue weighted by atomic mass is 16.6. The van der Waals surface area contributed by atoms with Gasteiger partial charge in [-0.3, -0.25) is 0 Å². The Kier molecular flexibility index (Phi) is 3.55. The fraction of sp³-hybridized carbons (Fsp3) is 0.357. The van der Waals surface area contributed by atoms with Gasteiger partial charge in [-0.05, 0) is 19.4 Å². The number of rotatable bonds is 2. The molecule has 0 amide bonds. The Morgan fingerprint density at radius 3 is 2.50 bits per heavy atom. The Labute approximate surface area is 106 Å². The fourth-order valence-corrected chi connectivity index (χ4v) is 1.94. The molecule has 18 heavy (non-hydrogen) atoms. The van der Waals surface area contributed by atoms with E-state index in [0.717, 1.165) is 5.56 Å². The highest BCUT2D eigenvalue weighted by Gasteiger charge is 2.33. The van der Waals surface area contributed by atoms with Crippen molar-refractivity contribution < 1.29 is 19.0 Å². The van der Waals surface area contributed by atoms with Crippen LogP contribution in [0.3, 0.4) is 0 Å². The van der Waals surface area contributed by atoms with Crippen molar-refractivity contribution in [1.82, 2.24) is 0 Å². The van der Waals surface area contributed by atoms with E-state index in [9.17, 15) is 4.79 Å². The SMILES string of the molecule is COC(=O)C1=C(C)O[C@H](c2ccccc2)[C@H](C)O1. The van der Waals surface area contributed by atoms with Crippen LogP contribution < -0.4 is 0 Å². The fourth-order valence-electron chi connectivity index (χ4n) is 1.94. The summed E-state index contributed by atoms with van der Waals surface area (Å²) in [7, 11) is 1.32. The van der Waals surface area contributed by atoms with Gasteiger partial charge < -0.3 is 14.2 Å². The summed E-state index contributed by atoms with van der Waals surface area (Å²) >= 11 is 0. The molecule has 1 aromatic carbocycles. The summed E-state index contributed by atoms with van der Waals surface area (Å²) in [6.45, 7) is 3.57. The number of hydrogen-bond donors (Lipinski definition) is 0. The number of methoxy groups -OCH3 is 1. The summed E-state index contributed by atoms with van der Waals surface area (Å²) in [4.78, 5) is 11.5. The lowest BCUT2D eigenvalue weighted by molar-refractivity contribution is -0.147. The molecule has 0 unspecified atom stereocenters. The van der Waals surface area contributed by atoms with Crippen LogP contribution in [-0.4, -0.2) is 19.2 Å². The predicted molar refractivity (Wildman–Crippen MR) is 65.5 cm³/mol. The van der Waals surface area contributed by atoms with E-state index in [0.29, 0.717) is 5.76 Å². The third-order valence-corrected chi connectivity index (χ3v) is 2.85. The number of benzene rings is 1. The van der Waals surface area contributed by atoms with Gasteiger partial charge in [0.05, 0.1) is 7.11 Å². The molecule has 96 valence electrons. The molecule has 0 aromatic heterocycles. The Bertz CT molecular complexity index is 464. The van der Waals surface area contributed by atoms with Gasteiger partial charge in [-0.2, -0.15) is 0 Å². The molecule has 4 nitrogen and oxygen atoms in total. The van der Waals surface area contributed by atoms with Crippen molar-refractivity contribution in [1.29, 1.82) is 0 Å². The molecule has 1 heterocycles. The van der Waals surface area contributed by atoms with E-state index in [4.69, 9.17) is 9.47 Å². The van der Waals surface area contributed by atoms with Crippen molar-refractivity contribution in [3.05, 3.63) is 47.4 Å². The molecule has 0 fully saturated rings. The monoisotopic (exact) mass is 248 g/mol. The van der Waals surface area contributed by atoms with Gasteiger partial charge in [0.15, 0.2) is 6.10 Å². The minimum atomic E-state index is -0.508. The molecule has 0 aliphatic carbocycles. The lowest BCUT2D eigenvalue weighted by Crippen LogP contribution is -2.29. The maximum Gasteiger partial charge on any atom is 0.376 e. The van der Waals surface area contributed by atoms with E-state index in [-0.39, 0.29) is 18.0 Å². The Morgan fingerprint density at radius 1 is 1.22 bits per heavy atom. The first-order valence-corrected chi connectivity index (χ1v) is 5.81. The summed E-state index contributed by atoms with van der Waals surface area (Å²) in [6.07, 6.45) is -0.454. The second kappa shape index (κ2) is 5.12. The van der Waals surface area contributed by atoms with E-state index in [1.807, 2.05) is 37.3 Å². The Balaban J connectivity index is 2.25. The van der Waals surface area contributed by atoms with Crippen LogP contribution in [0.15, 0.2) is 41.9 Å². The number of carbonyl (C=O) groups excluding carboxylic acids is 1. The van der Waals surface area contributed by atoms with Crippen LogP contribution in [0.5, 0.6) is 0 Å². The van der Waals surface area contributed by atoms with Crippen molar-refractivity contribution in [2.24, 2.45) is 0 Å². The maximum atomic E-state index is 11.5. The smallest absolute Gasteiger partial charge is 0.376 e. The molecule has 0 bridgehead atoms. The Hall–Kier alpha value is -1.97. The van der Waals surface area contributed by atoms with Crippen molar-refractivity contribution in [2.75, 3.05) is 7.11 Å². The van der Waals surface area contributed by atoms with Crippen molar-refractivity contribution in [2.45, 2.75) is 26.1 Å². The molecule has 1 aromatic rings. The quantitative estimate of drug-likeness (QED) is 0.754. The van der Waals surface area contributed by atoms with E-state index < -0.39 is 5.97 Å². The molecular weight excluding hydrogens is 232 g/mol. The van der Waals surface area contributed by atoms with Crippen LogP contribution in [-0.2, 0) is 19.0 Å². The van der Waals surface area contributed by atoms with Crippen LogP contribution >= 0.6 is 0 Å². The van der Waals surface area contributed by atoms with Crippen LogP contribution in [0.1, 0.15) is 25.5 Å². The second-order valence-corrected chi connectivity index (χ2v) is 4.15. The zero-order valence-electron chi connectivity index (χ0n) is 10.7. The number of carbonyl (C=O) groups is 1. The van der Waals surface area contributed by atoms with Gasteiger partial charge in [0.25, 0.3) is 0 Å². The highest BCUT2D eigenvalue weighted by Crippen LogP contribution is 2.33. The molecule has 0 radical (unpaired) electrons. The molecule has 1 aliphatic heterocycles. The molecule has 0 spiro atoms.